The van der Waals surface area contributed by atoms with E-state index in [2.05, 4.69) is 0 Å². The lowest BCUT2D eigenvalue weighted by Crippen LogP contribution is -2.41. The number of rotatable bonds is 7. The number of carboxylic acids is 1. The molecule has 2 aromatic rings. The number of hydrogen-bond acceptors (Lipinski definition) is 3. The first-order valence-electron chi connectivity index (χ1n) is 7.48. The maximum atomic E-state index is 11.5. The van der Waals surface area contributed by atoms with Crippen LogP contribution in [0, 0.1) is 0 Å². The number of likely N-dealkylation sites (N-methyl/N-ethyl adjacent to an activating group) is 1. The number of nitrogens with zero attached hydrogens (tertiary/aromatic N) is 1. The van der Waals surface area contributed by atoms with Crippen LogP contribution in [0.4, 0.5) is 5.69 Å². The van der Waals surface area contributed by atoms with E-state index in [1.54, 1.807) is 0 Å². The minimum Gasteiger partial charge on any atom is -0.480 e. The quantitative estimate of drug-likeness (QED) is 0.833. The van der Waals surface area contributed by atoms with Gasteiger partial charge in [0.2, 0.25) is 0 Å². The van der Waals surface area contributed by atoms with Crippen LogP contribution in [0.3, 0.4) is 0 Å². The van der Waals surface area contributed by atoms with Gasteiger partial charge in [-0.2, -0.15) is 0 Å². The monoisotopic (exact) mass is 299 g/mol. The van der Waals surface area contributed by atoms with Crippen LogP contribution < -0.4 is 9.64 Å². The van der Waals surface area contributed by atoms with Crippen LogP contribution >= 0.6 is 0 Å². The first-order chi connectivity index (χ1) is 10.7. The van der Waals surface area contributed by atoms with Crippen LogP contribution in [-0.4, -0.2) is 23.7 Å². The van der Waals surface area contributed by atoms with Gasteiger partial charge < -0.3 is 14.7 Å². The molecule has 2 rings (SSSR count). The largest absolute Gasteiger partial charge is 0.480 e. The molecule has 0 radical (unpaired) electrons. The summed E-state index contributed by atoms with van der Waals surface area (Å²) in [5, 5.41) is 9.43. The van der Waals surface area contributed by atoms with Crippen molar-refractivity contribution in [3.8, 4) is 11.5 Å². The van der Waals surface area contributed by atoms with Crippen LogP contribution in [0.5, 0.6) is 11.5 Å². The third kappa shape index (κ3) is 3.58. The Morgan fingerprint density at radius 3 is 2.32 bits per heavy atom. The zero-order valence-corrected chi connectivity index (χ0v) is 12.9. The summed E-state index contributed by atoms with van der Waals surface area (Å²) in [6, 6.07) is 16.5. The van der Waals surface area contributed by atoms with E-state index in [0.717, 1.165) is 11.4 Å². The maximum absolute atomic E-state index is 11.5. The Balaban J connectivity index is 2.35. The Morgan fingerprint density at radius 2 is 1.73 bits per heavy atom. The van der Waals surface area contributed by atoms with Crippen LogP contribution in [0.15, 0.2) is 54.6 Å². The Kier molecular flexibility index (Phi) is 5.42. The van der Waals surface area contributed by atoms with Gasteiger partial charge in [-0.1, -0.05) is 37.3 Å². The van der Waals surface area contributed by atoms with E-state index in [4.69, 9.17) is 4.74 Å². The van der Waals surface area contributed by atoms with Crippen LogP contribution in [0.1, 0.15) is 20.3 Å². The van der Waals surface area contributed by atoms with Crippen molar-refractivity contribution in [1.29, 1.82) is 0 Å². The molecule has 0 aliphatic carbocycles. The molecule has 1 atom stereocenters. The molecule has 0 unspecified atom stereocenters. The Morgan fingerprint density at radius 1 is 1.09 bits per heavy atom. The molecule has 0 aromatic heterocycles. The van der Waals surface area contributed by atoms with Crippen molar-refractivity contribution in [2.45, 2.75) is 26.3 Å². The van der Waals surface area contributed by atoms with Gasteiger partial charge in [0.25, 0.3) is 0 Å². The molecule has 1 N–H and O–H groups in total. The first kappa shape index (κ1) is 15.9. The van der Waals surface area contributed by atoms with E-state index in [0.29, 0.717) is 18.7 Å². The summed E-state index contributed by atoms with van der Waals surface area (Å²) in [6.07, 6.45) is 0.531. The predicted octanol–water partition coefficient (Wildman–Crippen LogP) is 4.17. The molecule has 0 aliphatic rings. The molecule has 0 bridgehead atoms. The number of para-hydroxylation sites is 3. The summed E-state index contributed by atoms with van der Waals surface area (Å²) >= 11 is 0. The van der Waals surface area contributed by atoms with Gasteiger partial charge in [0.05, 0.1) is 5.69 Å². The number of carbonyl (C=O) groups is 1. The molecule has 0 aliphatic heterocycles. The molecular weight excluding hydrogens is 278 g/mol. The zero-order valence-electron chi connectivity index (χ0n) is 12.9. The van der Waals surface area contributed by atoms with Crippen molar-refractivity contribution in [3.05, 3.63) is 54.6 Å². The van der Waals surface area contributed by atoms with Gasteiger partial charge in [-0.25, -0.2) is 4.79 Å². The highest BCUT2D eigenvalue weighted by atomic mass is 16.5. The molecule has 116 valence electrons. The lowest BCUT2D eigenvalue weighted by atomic mass is 10.1. The highest BCUT2D eigenvalue weighted by Gasteiger charge is 2.25. The molecule has 0 amide bonds. The molecule has 4 heteroatoms. The fourth-order valence-electron chi connectivity index (χ4n) is 2.48. The Labute approximate surface area is 131 Å². The van der Waals surface area contributed by atoms with Gasteiger partial charge in [0, 0.05) is 6.54 Å². The van der Waals surface area contributed by atoms with Gasteiger partial charge >= 0.3 is 5.97 Å². The second kappa shape index (κ2) is 7.50. The van der Waals surface area contributed by atoms with Crippen molar-refractivity contribution >= 4 is 11.7 Å². The summed E-state index contributed by atoms with van der Waals surface area (Å²) in [5.41, 5.74) is 0.795. The maximum Gasteiger partial charge on any atom is 0.326 e. The molecule has 0 heterocycles. The van der Waals surface area contributed by atoms with Crippen molar-refractivity contribution in [3.63, 3.8) is 0 Å². The Bertz CT molecular complexity index is 613. The molecule has 0 fully saturated rings. The van der Waals surface area contributed by atoms with Gasteiger partial charge in [0.1, 0.15) is 11.8 Å². The van der Waals surface area contributed by atoms with E-state index in [9.17, 15) is 9.90 Å². The molecule has 0 saturated heterocycles. The third-order valence-corrected chi connectivity index (χ3v) is 3.53. The van der Waals surface area contributed by atoms with Crippen molar-refractivity contribution < 1.29 is 14.6 Å². The normalized spacial score (nSPS) is 11.7. The molecule has 4 nitrogen and oxygen atoms in total. The van der Waals surface area contributed by atoms with E-state index in [-0.39, 0.29) is 0 Å². The fraction of sp³-hybridized carbons (Fsp3) is 0.278. The Hall–Kier alpha value is -2.49. The van der Waals surface area contributed by atoms with Gasteiger partial charge in [0.15, 0.2) is 5.75 Å². The summed E-state index contributed by atoms with van der Waals surface area (Å²) in [5.74, 6) is 0.573. The summed E-state index contributed by atoms with van der Waals surface area (Å²) < 4.78 is 5.93. The number of carboxylic acid groups (broad SMARTS) is 1. The van der Waals surface area contributed by atoms with Crippen LogP contribution in [0.25, 0.3) is 0 Å². The second-order valence-corrected chi connectivity index (χ2v) is 4.93. The number of benzene rings is 2. The number of ether oxygens (including phenoxy) is 1. The van der Waals surface area contributed by atoms with Gasteiger partial charge in [-0.3, -0.25) is 0 Å². The van der Waals surface area contributed by atoms with Crippen LogP contribution in [0.2, 0.25) is 0 Å². The lowest BCUT2D eigenvalue weighted by molar-refractivity contribution is -0.138. The molecular formula is C18H21NO3. The summed E-state index contributed by atoms with van der Waals surface area (Å²) in [6.45, 7) is 4.42. The van der Waals surface area contributed by atoms with Crippen molar-refractivity contribution in [2.75, 3.05) is 11.4 Å². The van der Waals surface area contributed by atoms with Crippen LogP contribution in [-0.2, 0) is 4.79 Å². The standard InChI is InChI=1S/C18H21NO3/c1-3-15(18(20)21)19(4-2)16-12-8-9-13-17(16)22-14-10-6-5-7-11-14/h5-13,15H,3-4H2,1-2H3,(H,20,21)/t15-/m1/s1. The first-order valence-corrected chi connectivity index (χ1v) is 7.48. The molecule has 22 heavy (non-hydrogen) atoms. The molecule has 0 spiro atoms. The highest BCUT2D eigenvalue weighted by molar-refractivity contribution is 5.79. The number of aliphatic carboxylic acids is 1. The lowest BCUT2D eigenvalue weighted by Gasteiger charge is -2.30. The topological polar surface area (TPSA) is 49.8 Å². The minimum absolute atomic E-state index is 0.531. The zero-order chi connectivity index (χ0) is 15.9. The van der Waals surface area contributed by atoms with Crippen molar-refractivity contribution in [1.82, 2.24) is 0 Å². The average molecular weight is 299 g/mol. The predicted molar refractivity (Wildman–Crippen MR) is 87.7 cm³/mol. The average Bonchev–Trinajstić information content (AvgIpc) is 2.54. The number of hydrogen-bond donors (Lipinski definition) is 1. The minimum atomic E-state index is -0.820. The van der Waals surface area contributed by atoms with Crippen molar-refractivity contribution in [2.24, 2.45) is 0 Å². The molecule has 2 aromatic carbocycles. The van der Waals surface area contributed by atoms with E-state index in [1.165, 1.54) is 0 Å². The van der Waals surface area contributed by atoms with Gasteiger partial charge in [-0.05, 0) is 37.6 Å². The summed E-state index contributed by atoms with van der Waals surface area (Å²) in [4.78, 5) is 13.4. The number of anilines is 1. The second-order valence-electron chi connectivity index (χ2n) is 4.93. The fourth-order valence-corrected chi connectivity index (χ4v) is 2.48. The molecule has 0 saturated carbocycles. The smallest absolute Gasteiger partial charge is 0.326 e. The highest BCUT2D eigenvalue weighted by Crippen LogP contribution is 2.33. The summed E-state index contributed by atoms with van der Waals surface area (Å²) in [7, 11) is 0. The van der Waals surface area contributed by atoms with E-state index in [1.807, 2.05) is 73.3 Å². The van der Waals surface area contributed by atoms with E-state index < -0.39 is 12.0 Å². The van der Waals surface area contributed by atoms with E-state index >= 15 is 0 Å². The van der Waals surface area contributed by atoms with Gasteiger partial charge in [-0.15, -0.1) is 0 Å². The third-order valence-electron chi connectivity index (χ3n) is 3.53. The SMILES string of the molecule is CC[C@H](C(=O)O)N(CC)c1ccccc1Oc1ccccc1.